The molecule has 5 rings (SSSR count). The molecule has 29 heteroatoms. The highest BCUT2D eigenvalue weighted by Crippen LogP contribution is 2.40. The van der Waals surface area contributed by atoms with Gasteiger partial charge in [-0.3, -0.25) is 47.9 Å². The van der Waals surface area contributed by atoms with Gasteiger partial charge in [-0.2, -0.15) is 8.42 Å². The molecular formula is C63H91N11O17S. The molecule has 8 amide bonds. The standard InChI is InChI=1S/C63H91N11O17S/c1-41(2)57(52(75)38-45(13-11-26-67-63(64)83)60(80)68-47-19-17-44(18-20-47)40-91-62(82)42(3)4)70-61(81)50(21-22-53(76)66-28-37-92(84,85)86)69-55(78)25-29-87-31-33-89-35-36-90-34-32-88-30-27-65-54(77)23-24-56(79)73-39-46-12-7-8-14-48(46)59-58(71-72-74(59)43(5)6)49-15-9-10-16-51(49)73/h7-10,12,14-20,41-43,45,50,57,71-72H,11,13,21-40H2,1-6H3,(H,65,77)(H,66,76)(H,68,80)(H,69,78)(H,70,81)(H3,64,67,83)(H,84,85,86)/t45-,50-,57+/m1/s1. The van der Waals surface area contributed by atoms with E-state index in [-0.39, 0.29) is 154 Å². The second-order valence-electron chi connectivity index (χ2n) is 22.9. The van der Waals surface area contributed by atoms with E-state index < -0.39 is 81.8 Å². The summed E-state index contributed by atoms with van der Waals surface area (Å²) < 4.78 is 59.0. The van der Waals surface area contributed by atoms with E-state index in [1.807, 2.05) is 42.5 Å². The van der Waals surface area contributed by atoms with Crippen molar-refractivity contribution in [2.24, 2.45) is 23.5 Å². The number of nitrogens with one attached hydrogen (secondary N) is 8. The minimum Gasteiger partial charge on any atom is -0.461 e. The van der Waals surface area contributed by atoms with Gasteiger partial charge in [0.15, 0.2) is 5.78 Å². The molecule has 3 aromatic rings. The van der Waals surface area contributed by atoms with Crippen molar-refractivity contribution in [2.45, 2.75) is 124 Å². The van der Waals surface area contributed by atoms with Crippen molar-refractivity contribution in [1.82, 2.24) is 42.6 Å². The van der Waals surface area contributed by atoms with Crippen molar-refractivity contribution in [3.05, 3.63) is 95.1 Å². The van der Waals surface area contributed by atoms with E-state index in [2.05, 4.69) is 67.8 Å². The number of primary amides is 1. The maximum atomic E-state index is 14.1. The third-order valence-electron chi connectivity index (χ3n) is 14.6. The molecule has 0 unspecified atom stereocenters. The number of benzene rings is 3. The summed E-state index contributed by atoms with van der Waals surface area (Å²) in [5, 5.41) is 17.8. The molecule has 28 nitrogen and oxygen atoms in total. The molecule has 11 N–H and O–H groups in total. The van der Waals surface area contributed by atoms with Crippen molar-refractivity contribution in [3.8, 4) is 0 Å². The first-order valence-electron chi connectivity index (χ1n) is 31.0. The summed E-state index contributed by atoms with van der Waals surface area (Å²) in [4.78, 5) is 119. The van der Waals surface area contributed by atoms with Gasteiger partial charge in [0.1, 0.15) is 12.6 Å². The molecule has 0 saturated carbocycles. The summed E-state index contributed by atoms with van der Waals surface area (Å²) in [6.07, 6.45) is -0.794. The third-order valence-corrected chi connectivity index (χ3v) is 15.3. The number of fused-ring (bicyclic) bond motifs is 4. The second kappa shape index (κ2) is 38.7. The van der Waals surface area contributed by atoms with Crippen molar-refractivity contribution in [3.63, 3.8) is 0 Å². The van der Waals surface area contributed by atoms with Crippen LogP contribution in [0.15, 0.2) is 72.8 Å². The summed E-state index contributed by atoms with van der Waals surface area (Å²) in [5.74, 6) is -6.51. The molecule has 0 saturated heterocycles. The number of nitrogens with zero attached hydrogens (tertiary/aromatic N) is 2. The van der Waals surface area contributed by atoms with E-state index in [4.69, 9.17) is 34.0 Å². The zero-order valence-corrected chi connectivity index (χ0v) is 54.1. The first-order valence-corrected chi connectivity index (χ1v) is 32.6. The van der Waals surface area contributed by atoms with Crippen LogP contribution in [0.25, 0.3) is 11.4 Å². The van der Waals surface area contributed by atoms with Gasteiger partial charge >= 0.3 is 12.0 Å². The topological polar surface area (TPSA) is 383 Å². The molecule has 0 bridgehead atoms. The molecule has 3 aromatic carbocycles. The van der Waals surface area contributed by atoms with Crippen LogP contribution in [0.4, 0.5) is 16.2 Å². The van der Waals surface area contributed by atoms with Crippen LogP contribution in [-0.4, -0.2) is 168 Å². The maximum Gasteiger partial charge on any atom is 0.312 e. The highest BCUT2D eigenvalue weighted by atomic mass is 32.2. The van der Waals surface area contributed by atoms with Gasteiger partial charge in [0.05, 0.1) is 94.2 Å². The number of hydrogen-bond acceptors (Lipinski definition) is 19. The van der Waals surface area contributed by atoms with Gasteiger partial charge in [0, 0.05) is 80.5 Å². The number of esters is 1. The lowest BCUT2D eigenvalue weighted by Gasteiger charge is -2.31. The van der Waals surface area contributed by atoms with Gasteiger partial charge in [-0.05, 0) is 68.4 Å². The Balaban J connectivity index is 0.996. The van der Waals surface area contributed by atoms with E-state index in [9.17, 15) is 51.6 Å². The monoisotopic (exact) mass is 1310 g/mol. The predicted molar refractivity (Wildman–Crippen MR) is 341 cm³/mol. The molecule has 3 atom stereocenters. The molecule has 2 aliphatic heterocycles. The first-order chi connectivity index (χ1) is 43.9. The highest BCUT2D eigenvalue weighted by Gasteiger charge is 2.35. The van der Waals surface area contributed by atoms with Crippen LogP contribution in [0.3, 0.4) is 0 Å². The fraction of sp³-hybridized carbons (Fsp3) is 0.540. The van der Waals surface area contributed by atoms with E-state index in [0.29, 0.717) is 17.8 Å². The molecule has 0 aromatic heterocycles. The predicted octanol–water partition coefficient (Wildman–Crippen LogP) is 3.22. The molecular weight excluding hydrogens is 1210 g/mol. The summed E-state index contributed by atoms with van der Waals surface area (Å²) >= 11 is 0. The lowest BCUT2D eigenvalue weighted by Crippen LogP contribution is -2.53. The fourth-order valence-corrected chi connectivity index (χ4v) is 10.1. The van der Waals surface area contributed by atoms with E-state index in [0.717, 1.165) is 33.8 Å². The van der Waals surface area contributed by atoms with Crippen LogP contribution in [-0.2, 0) is 85.3 Å². The molecule has 0 spiro atoms. The molecule has 2 heterocycles. The van der Waals surface area contributed by atoms with E-state index in [1.165, 1.54) is 0 Å². The van der Waals surface area contributed by atoms with Crippen LogP contribution in [0, 0.1) is 17.8 Å². The van der Waals surface area contributed by atoms with Gasteiger partial charge in [0.25, 0.3) is 10.1 Å². The normalized spacial score (nSPS) is 13.8. The number of hydrogen-bond donors (Lipinski definition) is 10. The van der Waals surface area contributed by atoms with Crippen LogP contribution in [0.1, 0.15) is 115 Å². The van der Waals surface area contributed by atoms with Crippen molar-refractivity contribution >= 4 is 86.1 Å². The van der Waals surface area contributed by atoms with E-state index in [1.54, 1.807) is 56.9 Å². The lowest BCUT2D eigenvalue weighted by molar-refractivity contribution is -0.148. The number of carbonyl (C=O) groups is 9. The largest absolute Gasteiger partial charge is 0.461 e. The molecule has 0 radical (unpaired) electrons. The minimum atomic E-state index is -4.38. The van der Waals surface area contributed by atoms with Crippen molar-refractivity contribution in [2.75, 3.05) is 88.5 Å². The molecule has 92 heavy (non-hydrogen) atoms. The molecule has 0 aliphatic carbocycles. The smallest absolute Gasteiger partial charge is 0.312 e. The quantitative estimate of drug-likeness (QED) is 0.0221. The summed E-state index contributed by atoms with van der Waals surface area (Å²) in [7, 11) is -4.38. The van der Waals surface area contributed by atoms with Crippen LogP contribution < -0.4 is 53.5 Å². The number of carbonyl (C=O) groups excluding carboxylic acids is 9. The number of para-hydroxylation sites is 1. The number of nitrogens with two attached hydrogens (primary N) is 1. The number of anilines is 2. The number of hydrazine groups is 2. The van der Waals surface area contributed by atoms with Gasteiger partial charge in [-0.1, -0.05) is 82.3 Å². The average Bonchev–Trinajstić information content (AvgIpc) is 1.50. The molecule has 2 aliphatic rings. The van der Waals surface area contributed by atoms with Crippen LogP contribution >= 0.6 is 0 Å². The zero-order valence-electron chi connectivity index (χ0n) is 53.3. The number of ketones is 1. The number of rotatable bonds is 41. The molecule has 0 fully saturated rings. The number of ether oxygens (including phenoxy) is 5. The summed E-state index contributed by atoms with van der Waals surface area (Å²) in [6, 6.07) is 19.1. The summed E-state index contributed by atoms with van der Waals surface area (Å²) in [5.41, 5.74) is 18.4. The number of Topliss-reactive ketones (excluding diaryl/α,β-unsaturated/α-hetero) is 1. The fourth-order valence-electron chi connectivity index (χ4n) is 9.72. The minimum absolute atomic E-state index is 0.000222. The van der Waals surface area contributed by atoms with Gasteiger partial charge in [0.2, 0.25) is 35.4 Å². The van der Waals surface area contributed by atoms with Crippen LogP contribution in [0.2, 0.25) is 0 Å². The van der Waals surface area contributed by atoms with Gasteiger partial charge < -0.3 is 71.6 Å². The Labute approximate surface area is 537 Å². The Morgan fingerprint density at radius 1 is 0.652 bits per heavy atom. The Hall–Kier alpha value is -8.06. The number of amides is 8. The highest BCUT2D eigenvalue weighted by molar-refractivity contribution is 7.85. The van der Waals surface area contributed by atoms with Crippen molar-refractivity contribution in [1.29, 1.82) is 0 Å². The first kappa shape index (κ1) is 74.7. The van der Waals surface area contributed by atoms with Gasteiger partial charge in [-0.15, -0.1) is 5.53 Å². The Bertz CT molecular complexity index is 3110. The lowest BCUT2D eigenvalue weighted by atomic mass is 9.89. The van der Waals surface area contributed by atoms with E-state index >= 15 is 0 Å². The van der Waals surface area contributed by atoms with Crippen LogP contribution in [0.5, 0.6) is 0 Å². The average molecular weight is 1310 g/mol. The third kappa shape index (κ3) is 25.9. The Kier molecular flexibility index (Phi) is 31.4. The second-order valence-corrected chi connectivity index (χ2v) is 24.5. The van der Waals surface area contributed by atoms with Gasteiger partial charge in [-0.25, -0.2) is 4.79 Å². The van der Waals surface area contributed by atoms with Crippen molar-refractivity contribution < 1.29 is 79.8 Å². The maximum absolute atomic E-state index is 14.1. The Morgan fingerprint density at radius 2 is 1.27 bits per heavy atom. The summed E-state index contributed by atoms with van der Waals surface area (Å²) in [6.45, 7) is 12.7. The molecule has 506 valence electrons. The number of urea groups is 1. The SMILES string of the molecule is CC(C)C(=O)OCc1ccc(NC(=O)[C@H](CCCNC(N)=O)CC(=O)[C@@H](NC(=O)[C@@H](CCC(=O)NCCS(=O)(=O)O)NC(=O)CCOCCOCCOCCOCCNC(=O)CCC(=O)N2Cc3ccccc3C3=C(NNN3C(C)C)c3ccccc32)C(C)C)cc1. The Morgan fingerprint density at radius 3 is 1.91 bits per heavy atom. The zero-order chi connectivity index (χ0) is 67.2.